The fourth-order valence-corrected chi connectivity index (χ4v) is 1.87. The molecule has 0 heterocycles. The number of carbonyl (C=O) groups excluding carboxylic acids is 1. The van der Waals surface area contributed by atoms with Crippen LogP contribution >= 0.6 is 0 Å². The van der Waals surface area contributed by atoms with Gasteiger partial charge >= 0.3 is 5.97 Å². The van der Waals surface area contributed by atoms with Crippen LogP contribution in [-0.4, -0.2) is 23.5 Å². The van der Waals surface area contributed by atoms with Crippen LogP contribution in [0.2, 0.25) is 0 Å². The third-order valence-corrected chi connectivity index (χ3v) is 3.28. The molecule has 2 aromatic carbocycles. The summed E-state index contributed by atoms with van der Waals surface area (Å²) in [5.41, 5.74) is 2.90. The fraction of sp³-hybridized carbons (Fsp3) is 0.176. The number of carboxylic acid groups (broad SMARTS) is 1. The van der Waals surface area contributed by atoms with Crippen LogP contribution in [0.3, 0.4) is 0 Å². The van der Waals surface area contributed by atoms with Crippen molar-refractivity contribution in [1.29, 1.82) is 0 Å². The largest absolute Gasteiger partial charge is 0.485 e. The van der Waals surface area contributed by atoms with Gasteiger partial charge in [-0.05, 0) is 49.2 Å². The van der Waals surface area contributed by atoms with Crippen molar-refractivity contribution in [3.8, 4) is 5.75 Å². The van der Waals surface area contributed by atoms with E-state index in [1.54, 1.807) is 18.2 Å². The van der Waals surface area contributed by atoms with Crippen LogP contribution < -0.4 is 4.74 Å². The quantitative estimate of drug-likeness (QED) is 0.856. The van der Waals surface area contributed by atoms with Crippen molar-refractivity contribution in [3.05, 3.63) is 64.7 Å². The first-order valence-electron chi connectivity index (χ1n) is 6.54. The van der Waals surface area contributed by atoms with Gasteiger partial charge in [-0.1, -0.05) is 18.2 Å². The standard InChI is InChI=1S/C17H16O4/c1-11-6-7-13(8-12(11)2)16(18)10-21-15-5-3-4-14(9-15)17(19)20/h3-9H,10H2,1-2H3,(H,19,20). The molecule has 4 heteroatoms. The van der Waals surface area contributed by atoms with Gasteiger partial charge in [0.1, 0.15) is 5.75 Å². The molecule has 2 rings (SSSR count). The van der Waals surface area contributed by atoms with Crippen LogP contribution in [0.15, 0.2) is 42.5 Å². The number of rotatable bonds is 5. The van der Waals surface area contributed by atoms with Gasteiger partial charge in [0.05, 0.1) is 5.56 Å². The maximum Gasteiger partial charge on any atom is 0.335 e. The number of ketones is 1. The predicted molar refractivity (Wildman–Crippen MR) is 79.1 cm³/mol. The zero-order chi connectivity index (χ0) is 15.4. The summed E-state index contributed by atoms with van der Waals surface area (Å²) < 4.78 is 5.37. The van der Waals surface area contributed by atoms with E-state index in [-0.39, 0.29) is 18.0 Å². The molecule has 21 heavy (non-hydrogen) atoms. The van der Waals surface area contributed by atoms with E-state index in [1.165, 1.54) is 12.1 Å². The van der Waals surface area contributed by atoms with Gasteiger partial charge in [0.25, 0.3) is 0 Å². The molecular weight excluding hydrogens is 268 g/mol. The van der Waals surface area contributed by atoms with E-state index in [9.17, 15) is 9.59 Å². The zero-order valence-electron chi connectivity index (χ0n) is 11.9. The van der Waals surface area contributed by atoms with Crippen LogP contribution in [0.25, 0.3) is 0 Å². The topological polar surface area (TPSA) is 63.6 Å². The molecule has 0 fully saturated rings. The van der Waals surface area contributed by atoms with Crippen LogP contribution in [0.1, 0.15) is 31.8 Å². The number of benzene rings is 2. The van der Waals surface area contributed by atoms with Gasteiger partial charge in [-0.15, -0.1) is 0 Å². The number of carbonyl (C=O) groups is 2. The highest BCUT2D eigenvalue weighted by Gasteiger charge is 2.09. The van der Waals surface area contributed by atoms with Gasteiger partial charge in [-0.2, -0.15) is 0 Å². The zero-order valence-corrected chi connectivity index (χ0v) is 11.9. The molecule has 0 aromatic heterocycles. The molecule has 0 aliphatic heterocycles. The summed E-state index contributed by atoms with van der Waals surface area (Å²) in [7, 11) is 0. The second-order valence-corrected chi connectivity index (χ2v) is 4.84. The minimum Gasteiger partial charge on any atom is -0.485 e. The van der Waals surface area contributed by atoms with Crippen LogP contribution in [0.4, 0.5) is 0 Å². The van der Waals surface area contributed by atoms with Gasteiger partial charge in [0, 0.05) is 5.56 Å². The number of hydrogen-bond donors (Lipinski definition) is 1. The Bertz CT molecular complexity index is 689. The Kier molecular flexibility index (Phi) is 4.38. The first-order chi connectivity index (χ1) is 9.97. The third kappa shape index (κ3) is 3.69. The van der Waals surface area contributed by atoms with E-state index in [1.807, 2.05) is 26.0 Å². The number of hydrogen-bond acceptors (Lipinski definition) is 3. The molecule has 0 aliphatic carbocycles. The number of carboxylic acids is 1. The number of aromatic carboxylic acids is 1. The van der Waals surface area contributed by atoms with Crippen molar-refractivity contribution in [2.75, 3.05) is 6.61 Å². The average molecular weight is 284 g/mol. The van der Waals surface area contributed by atoms with Gasteiger partial charge in [-0.25, -0.2) is 4.79 Å². The molecule has 0 radical (unpaired) electrons. The number of aryl methyl sites for hydroxylation is 2. The van der Waals surface area contributed by atoms with Gasteiger partial charge < -0.3 is 9.84 Å². The molecule has 0 bridgehead atoms. The summed E-state index contributed by atoms with van der Waals surface area (Å²) in [5, 5.41) is 8.90. The van der Waals surface area contributed by atoms with Gasteiger partial charge in [-0.3, -0.25) is 4.79 Å². The summed E-state index contributed by atoms with van der Waals surface area (Å²) in [4.78, 5) is 22.9. The third-order valence-electron chi connectivity index (χ3n) is 3.28. The first-order valence-corrected chi connectivity index (χ1v) is 6.54. The van der Waals surface area contributed by atoms with E-state index in [0.29, 0.717) is 11.3 Å². The minimum atomic E-state index is -1.03. The Labute approximate surface area is 123 Å². The first kappa shape index (κ1) is 14.8. The maximum atomic E-state index is 12.1. The molecule has 1 N–H and O–H groups in total. The van der Waals surface area contributed by atoms with E-state index >= 15 is 0 Å². The predicted octanol–water partition coefficient (Wildman–Crippen LogP) is 3.26. The Balaban J connectivity index is 2.05. The van der Waals surface area contributed by atoms with E-state index in [2.05, 4.69) is 0 Å². The lowest BCUT2D eigenvalue weighted by Crippen LogP contribution is -2.12. The highest BCUT2D eigenvalue weighted by atomic mass is 16.5. The second-order valence-electron chi connectivity index (χ2n) is 4.84. The lowest BCUT2D eigenvalue weighted by atomic mass is 10.0. The van der Waals surface area contributed by atoms with Crippen molar-refractivity contribution in [2.45, 2.75) is 13.8 Å². The summed E-state index contributed by atoms with van der Waals surface area (Å²) in [5.74, 6) is -0.799. The van der Waals surface area contributed by atoms with E-state index in [4.69, 9.17) is 9.84 Å². The Hall–Kier alpha value is -2.62. The highest BCUT2D eigenvalue weighted by Crippen LogP contribution is 2.15. The van der Waals surface area contributed by atoms with Crippen LogP contribution in [0, 0.1) is 13.8 Å². The molecule has 0 aliphatic rings. The van der Waals surface area contributed by atoms with Crippen molar-refractivity contribution < 1.29 is 19.4 Å². The van der Waals surface area contributed by atoms with Gasteiger partial charge in [0.15, 0.2) is 12.4 Å². The Morgan fingerprint density at radius 3 is 2.43 bits per heavy atom. The molecular formula is C17H16O4. The molecule has 0 spiro atoms. The van der Waals surface area contributed by atoms with Crippen molar-refractivity contribution in [2.24, 2.45) is 0 Å². The van der Waals surface area contributed by atoms with E-state index < -0.39 is 5.97 Å². The monoisotopic (exact) mass is 284 g/mol. The second kappa shape index (κ2) is 6.22. The van der Waals surface area contributed by atoms with E-state index in [0.717, 1.165) is 11.1 Å². The van der Waals surface area contributed by atoms with Crippen molar-refractivity contribution >= 4 is 11.8 Å². The molecule has 108 valence electrons. The Morgan fingerprint density at radius 2 is 1.76 bits per heavy atom. The molecule has 2 aromatic rings. The number of ether oxygens (including phenoxy) is 1. The summed E-state index contributed by atoms with van der Waals surface area (Å²) in [6, 6.07) is 11.6. The smallest absolute Gasteiger partial charge is 0.335 e. The van der Waals surface area contributed by atoms with Crippen LogP contribution in [-0.2, 0) is 0 Å². The normalized spacial score (nSPS) is 10.2. The molecule has 0 saturated carbocycles. The van der Waals surface area contributed by atoms with Gasteiger partial charge in [0.2, 0.25) is 0 Å². The molecule has 4 nitrogen and oxygen atoms in total. The fourth-order valence-electron chi connectivity index (χ4n) is 1.87. The SMILES string of the molecule is Cc1ccc(C(=O)COc2cccc(C(=O)O)c2)cc1C. The highest BCUT2D eigenvalue weighted by molar-refractivity contribution is 5.97. The van der Waals surface area contributed by atoms with Crippen molar-refractivity contribution in [3.63, 3.8) is 0 Å². The van der Waals surface area contributed by atoms with Crippen molar-refractivity contribution in [1.82, 2.24) is 0 Å². The summed E-state index contributed by atoms with van der Waals surface area (Å²) >= 11 is 0. The number of Topliss-reactive ketones (excluding diaryl/α,β-unsaturated/α-hetero) is 1. The molecule has 0 unspecified atom stereocenters. The molecule has 0 saturated heterocycles. The van der Waals surface area contributed by atoms with Crippen LogP contribution in [0.5, 0.6) is 5.75 Å². The molecule has 0 atom stereocenters. The average Bonchev–Trinajstić information content (AvgIpc) is 2.48. The summed E-state index contributed by atoms with van der Waals surface area (Å²) in [6.45, 7) is 3.81. The lowest BCUT2D eigenvalue weighted by Gasteiger charge is -2.07. The summed E-state index contributed by atoms with van der Waals surface area (Å²) in [6.07, 6.45) is 0. The molecule has 0 amide bonds. The minimum absolute atomic E-state index is 0.119. The Morgan fingerprint density at radius 1 is 1.00 bits per heavy atom. The lowest BCUT2D eigenvalue weighted by molar-refractivity contribution is 0.0696. The maximum absolute atomic E-state index is 12.1.